The maximum absolute atomic E-state index is 12.4. The lowest BCUT2D eigenvalue weighted by Gasteiger charge is -2.24. The van der Waals surface area contributed by atoms with E-state index in [0.717, 1.165) is 10.4 Å². The number of likely N-dealkylation sites (N-methyl/N-ethyl adjacent to an activating group) is 1. The molecule has 3 amide bonds. The third kappa shape index (κ3) is 5.90. The summed E-state index contributed by atoms with van der Waals surface area (Å²) in [6.45, 7) is 6.21. The van der Waals surface area contributed by atoms with Gasteiger partial charge < -0.3 is 15.1 Å². The first-order valence-electron chi connectivity index (χ1n) is 8.50. The first-order chi connectivity index (χ1) is 12.1. The number of urea groups is 1. The highest BCUT2D eigenvalue weighted by Gasteiger charge is 2.16. The van der Waals surface area contributed by atoms with Gasteiger partial charge in [-0.15, -0.1) is 11.3 Å². The van der Waals surface area contributed by atoms with Crippen LogP contribution in [0.3, 0.4) is 0 Å². The van der Waals surface area contributed by atoms with Crippen LogP contribution in [-0.2, 0) is 17.9 Å². The summed E-state index contributed by atoms with van der Waals surface area (Å²) in [7, 11) is 0. The molecule has 0 spiro atoms. The van der Waals surface area contributed by atoms with Crippen molar-refractivity contribution in [2.45, 2.75) is 26.9 Å². The van der Waals surface area contributed by atoms with Gasteiger partial charge in [-0.3, -0.25) is 4.79 Å². The maximum Gasteiger partial charge on any atom is 0.318 e. The zero-order valence-electron chi connectivity index (χ0n) is 14.8. The first-order valence-corrected chi connectivity index (χ1v) is 9.38. The average Bonchev–Trinajstić information content (AvgIpc) is 3.16. The number of hydrogen-bond donors (Lipinski definition) is 1. The summed E-state index contributed by atoms with van der Waals surface area (Å²) < 4.78 is 0. The van der Waals surface area contributed by atoms with Crippen molar-refractivity contribution in [1.82, 2.24) is 15.1 Å². The molecule has 0 saturated carbocycles. The summed E-state index contributed by atoms with van der Waals surface area (Å²) in [5.74, 6) is -0.0770. The fourth-order valence-corrected chi connectivity index (χ4v) is 3.19. The van der Waals surface area contributed by atoms with Crippen LogP contribution in [-0.4, -0.2) is 41.4 Å². The van der Waals surface area contributed by atoms with Gasteiger partial charge in [0.2, 0.25) is 5.91 Å². The Bertz CT molecular complexity index is 659. The van der Waals surface area contributed by atoms with Gasteiger partial charge in [-0.25, -0.2) is 4.79 Å². The summed E-state index contributed by atoms with van der Waals surface area (Å²) >= 11 is 1.62. The molecule has 25 heavy (non-hydrogen) atoms. The average molecular weight is 359 g/mol. The summed E-state index contributed by atoms with van der Waals surface area (Å²) in [5, 5.41) is 4.74. The Morgan fingerprint density at radius 3 is 2.28 bits per heavy atom. The second kappa shape index (κ2) is 9.84. The van der Waals surface area contributed by atoms with E-state index in [1.54, 1.807) is 21.1 Å². The topological polar surface area (TPSA) is 52.7 Å². The van der Waals surface area contributed by atoms with Crippen LogP contribution in [0.25, 0.3) is 0 Å². The molecule has 6 heteroatoms. The fourth-order valence-electron chi connectivity index (χ4n) is 2.47. The van der Waals surface area contributed by atoms with E-state index in [-0.39, 0.29) is 18.5 Å². The molecule has 0 aliphatic carbocycles. The van der Waals surface area contributed by atoms with Crippen molar-refractivity contribution in [3.8, 4) is 0 Å². The molecule has 2 aromatic rings. The molecule has 0 atom stereocenters. The van der Waals surface area contributed by atoms with Crippen molar-refractivity contribution in [2.24, 2.45) is 0 Å². The number of amides is 3. The predicted molar refractivity (Wildman–Crippen MR) is 101 cm³/mol. The van der Waals surface area contributed by atoms with Crippen molar-refractivity contribution < 1.29 is 9.59 Å². The number of carbonyl (C=O) groups excluding carboxylic acids is 2. The Labute approximate surface area is 153 Å². The second-order valence-corrected chi connectivity index (χ2v) is 6.68. The quantitative estimate of drug-likeness (QED) is 0.786. The van der Waals surface area contributed by atoms with Gasteiger partial charge in [-0.05, 0) is 30.9 Å². The van der Waals surface area contributed by atoms with E-state index in [4.69, 9.17) is 0 Å². The van der Waals surface area contributed by atoms with Crippen molar-refractivity contribution in [2.75, 3.05) is 19.6 Å². The summed E-state index contributed by atoms with van der Waals surface area (Å²) in [5.41, 5.74) is 1.08. The van der Waals surface area contributed by atoms with Gasteiger partial charge in [0.25, 0.3) is 0 Å². The zero-order valence-corrected chi connectivity index (χ0v) is 15.6. The number of nitrogens with one attached hydrogen (secondary N) is 1. The molecule has 0 aliphatic heterocycles. The van der Waals surface area contributed by atoms with Crippen LogP contribution in [0.2, 0.25) is 0 Å². The highest BCUT2D eigenvalue weighted by molar-refractivity contribution is 7.09. The Morgan fingerprint density at radius 2 is 1.68 bits per heavy atom. The Kier molecular flexibility index (Phi) is 7.47. The molecule has 1 heterocycles. The molecular formula is C19H25N3O2S. The van der Waals surface area contributed by atoms with E-state index in [9.17, 15) is 9.59 Å². The number of hydrogen-bond acceptors (Lipinski definition) is 3. The molecule has 0 saturated heterocycles. The minimum atomic E-state index is -0.208. The van der Waals surface area contributed by atoms with Crippen LogP contribution < -0.4 is 5.32 Å². The molecule has 0 bridgehead atoms. The molecule has 0 radical (unpaired) electrons. The van der Waals surface area contributed by atoms with Gasteiger partial charge in [0.15, 0.2) is 0 Å². The minimum absolute atomic E-state index is 0.0143. The maximum atomic E-state index is 12.4. The Hall–Kier alpha value is -2.34. The van der Waals surface area contributed by atoms with Crippen molar-refractivity contribution in [1.29, 1.82) is 0 Å². The van der Waals surface area contributed by atoms with Crippen molar-refractivity contribution in [3.05, 3.63) is 58.3 Å². The molecular weight excluding hydrogens is 334 g/mol. The standard InChI is InChI=1S/C19H25N3O2S/c1-3-21(14-16-9-6-5-7-10-16)18(23)13-20-19(24)22(4-2)15-17-11-8-12-25-17/h5-12H,3-4,13-15H2,1-2H3,(H,20,24). The van der Waals surface area contributed by atoms with E-state index < -0.39 is 0 Å². The molecule has 134 valence electrons. The van der Waals surface area contributed by atoms with Gasteiger partial charge >= 0.3 is 6.03 Å². The lowest BCUT2D eigenvalue weighted by Crippen LogP contribution is -2.45. The Morgan fingerprint density at radius 1 is 0.960 bits per heavy atom. The highest BCUT2D eigenvalue weighted by Crippen LogP contribution is 2.11. The molecule has 1 N–H and O–H groups in total. The third-order valence-corrected chi connectivity index (χ3v) is 4.80. The molecule has 0 fully saturated rings. The van der Waals surface area contributed by atoms with Gasteiger partial charge in [-0.1, -0.05) is 36.4 Å². The summed E-state index contributed by atoms with van der Waals surface area (Å²) in [6.07, 6.45) is 0. The van der Waals surface area contributed by atoms with Crippen LogP contribution in [0.1, 0.15) is 24.3 Å². The Balaban J connectivity index is 1.85. The lowest BCUT2D eigenvalue weighted by molar-refractivity contribution is -0.130. The van der Waals surface area contributed by atoms with Crippen LogP contribution in [0, 0.1) is 0 Å². The van der Waals surface area contributed by atoms with Gasteiger partial charge in [-0.2, -0.15) is 0 Å². The molecule has 1 aromatic heterocycles. The first kappa shape index (κ1) is 19.0. The molecule has 5 nitrogen and oxygen atoms in total. The molecule has 0 aliphatic rings. The van der Waals surface area contributed by atoms with Crippen LogP contribution >= 0.6 is 11.3 Å². The van der Waals surface area contributed by atoms with Crippen LogP contribution in [0.15, 0.2) is 47.8 Å². The number of thiophene rings is 1. The van der Waals surface area contributed by atoms with E-state index in [1.165, 1.54) is 0 Å². The van der Waals surface area contributed by atoms with Crippen molar-refractivity contribution >= 4 is 23.3 Å². The second-order valence-electron chi connectivity index (χ2n) is 5.65. The largest absolute Gasteiger partial charge is 0.337 e. The van der Waals surface area contributed by atoms with E-state index in [1.807, 2.05) is 61.7 Å². The van der Waals surface area contributed by atoms with Crippen molar-refractivity contribution in [3.63, 3.8) is 0 Å². The third-order valence-electron chi connectivity index (χ3n) is 3.94. The normalized spacial score (nSPS) is 10.3. The van der Waals surface area contributed by atoms with Gasteiger partial charge in [0.1, 0.15) is 0 Å². The molecule has 0 unspecified atom stereocenters. The zero-order chi connectivity index (χ0) is 18.1. The highest BCUT2D eigenvalue weighted by atomic mass is 32.1. The number of benzene rings is 1. The lowest BCUT2D eigenvalue weighted by atomic mass is 10.2. The fraction of sp³-hybridized carbons (Fsp3) is 0.368. The smallest absolute Gasteiger partial charge is 0.318 e. The summed E-state index contributed by atoms with van der Waals surface area (Å²) in [4.78, 5) is 29.3. The monoisotopic (exact) mass is 359 g/mol. The van der Waals surface area contributed by atoms with E-state index in [0.29, 0.717) is 26.2 Å². The van der Waals surface area contributed by atoms with Gasteiger partial charge in [0.05, 0.1) is 13.1 Å². The molecule has 2 rings (SSSR count). The van der Waals surface area contributed by atoms with E-state index in [2.05, 4.69) is 5.32 Å². The predicted octanol–water partition coefficient (Wildman–Crippen LogP) is 3.33. The summed E-state index contributed by atoms with van der Waals surface area (Å²) in [6, 6.07) is 13.6. The SMILES string of the molecule is CCN(Cc1ccccc1)C(=O)CNC(=O)N(CC)Cc1cccs1. The van der Waals surface area contributed by atoms with Gasteiger partial charge in [0, 0.05) is 24.5 Å². The molecule has 1 aromatic carbocycles. The van der Waals surface area contributed by atoms with Crippen LogP contribution in [0.5, 0.6) is 0 Å². The number of rotatable bonds is 8. The van der Waals surface area contributed by atoms with E-state index >= 15 is 0 Å². The number of carbonyl (C=O) groups is 2. The number of nitrogens with zero attached hydrogens (tertiary/aromatic N) is 2. The minimum Gasteiger partial charge on any atom is -0.337 e. The van der Waals surface area contributed by atoms with Crippen LogP contribution in [0.4, 0.5) is 4.79 Å².